The van der Waals surface area contributed by atoms with Crippen LogP contribution in [0.3, 0.4) is 0 Å². The van der Waals surface area contributed by atoms with Crippen LogP contribution in [0.5, 0.6) is 0 Å². The number of rotatable bonds is 8. The van der Waals surface area contributed by atoms with Crippen LogP contribution < -0.4 is 0 Å². The number of likely N-dealkylation sites (N-methyl/N-ethyl adjacent to an activating group) is 1. The van der Waals surface area contributed by atoms with E-state index in [4.69, 9.17) is 4.74 Å². The fourth-order valence-electron chi connectivity index (χ4n) is 2.34. The molecule has 1 unspecified atom stereocenters. The van der Waals surface area contributed by atoms with E-state index in [0.29, 0.717) is 19.8 Å². The molecule has 0 bridgehead atoms. The molecule has 2 aromatic rings. The van der Waals surface area contributed by atoms with Gasteiger partial charge in [0.1, 0.15) is 0 Å². The highest BCUT2D eigenvalue weighted by molar-refractivity contribution is 5.18. The quantitative estimate of drug-likeness (QED) is 0.813. The van der Waals surface area contributed by atoms with Crippen molar-refractivity contribution in [2.24, 2.45) is 0 Å². The predicted octanol–water partition coefficient (Wildman–Crippen LogP) is 2.40. The zero-order chi connectivity index (χ0) is 15.8. The Labute approximate surface area is 132 Å². The van der Waals surface area contributed by atoms with Crippen molar-refractivity contribution in [3.05, 3.63) is 65.5 Å². The Kier molecular flexibility index (Phi) is 6.52. The van der Waals surface area contributed by atoms with Gasteiger partial charge in [0.15, 0.2) is 0 Å². The maximum absolute atomic E-state index is 10.1. The van der Waals surface area contributed by atoms with E-state index in [2.05, 4.69) is 16.0 Å². The summed E-state index contributed by atoms with van der Waals surface area (Å²) in [6, 6.07) is 14.0. The van der Waals surface area contributed by atoms with E-state index in [-0.39, 0.29) is 0 Å². The molecule has 0 aliphatic heterocycles. The Balaban J connectivity index is 1.70. The molecule has 1 heterocycles. The minimum absolute atomic E-state index is 0.339. The predicted molar refractivity (Wildman–Crippen MR) is 87.4 cm³/mol. The molecule has 4 nitrogen and oxygen atoms in total. The Morgan fingerprint density at radius 2 is 1.95 bits per heavy atom. The summed E-state index contributed by atoms with van der Waals surface area (Å²) in [5.74, 6) is 0. The molecule has 118 valence electrons. The fraction of sp³-hybridized carbons (Fsp3) is 0.389. The lowest BCUT2D eigenvalue weighted by molar-refractivity contribution is 0.0127. The van der Waals surface area contributed by atoms with Gasteiger partial charge < -0.3 is 9.84 Å². The molecule has 2 rings (SSSR count). The van der Waals surface area contributed by atoms with E-state index in [1.165, 1.54) is 5.56 Å². The molecule has 1 atom stereocenters. The molecule has 0 aliphatic carbocycles. The van der Waals surface area contributed by atoms with Crippen LogP contribution in [0.15, 0.2) is 48.7 Å². The molecule has 1 aromatic heterocycles. The summed E-state index contributed by atoms with van der Waals surface area (Å²) in [4.78, 5) is 6.36. The summed E-state index contributed by atoms with van der Waals surface area (Å²) >= 11 is 0. The van der Waals surface area contributed by atoms with Gasteiger partial charge >= 0.3 is 0 Å². The van der Waals surface area contributed by atoms with Crippen LogP contribution in [0.4, 0.5) is 0 Å². The Bertz CT molecular complexity index is 560. The fourth-order valence-corrected chi connectivity index (χ4v) is 2.34. The second kappa shape index (κ2) is 8.63. The number of aliphatic hydroxyl groups is 1. The van der Waals surface area contributed by atoms with Crippen LogP contribution in [-0.4, -0.2) is 41.3 Å². The third-order valence-electron chi connectivity index (χ3n) is 3.50. The summed E-state index contributed by atoms with van der Waals surface area (Å²) in [6.07, 6.45) is 1.30. The first kappa shape index (κ1) is 16.6. The van der Waals surface area contributed by atoms with E-state index < -0.39 is 6.10 Å². The summed E-state index contributed by atoms with van der Waals surface area (Å²) < 4.78 is 5.57. The third-order valence-corrected chi connectivity index (χ3v) is 3.50. The molecular formula is C18H24N2O2. The summed E-state index contributed by atoms with van der Waals surface area (Å²) in [6.45, 7) is 4.22. The maximum atomic E-state index is 10.1. The molecule has 0 amide bonds. The van der Waals surface area contributed by atoms with Crippen LogP contribution >= 0.6 is 0 Å². The van der Waals surface area contributed by atoms with Crippen LogP contribution in [-0.2, 0) is 17.9 Å². The normalized spacial score (nSPS) is 12.5. The van der Waals surface area contributed by atoms with Gasteiger partial charge in [-0.15, -0.1) is 0 Å². The first-order chi connectivity index (χ1) is 10.6. The van der Waals surface area contributed by atoms with Crippen molar-refractivity contribution in [3.8, 4) is 0 Å². The highest BCUT2D eigenvalue weighted by Gasteiger charge is 2.10. The molecule has 0 aliphatic rings. The lowest BCUT2D eigenvalue weighted by Gasteiger charge is -2.21. The van der Waals surface area contributed by atoms with Crippen LogP contribution in [0.1, 0.15) is 16.8 Å². The van der Waals surface area contributed by atoms with Gasteiger partial charge in [-0.2, -0.15) is 0 Å². The van der Waals surface area contributed by atoms with Gasteiger partial charge in [0.2, 0.25) is 0 Å². The summed E-state index contributed by atoms with van der Waals surface area (Å²) in [5, 5.41) is 10.1. The average molecular weight is 300 g/mol. The zero-order valence-corrected chi connectivity index (χ0v) is 13.3. The zero-order valence-electron chi connectivity index (χ0n) is 13.3. The van der Waals surface area contributed by atoms with Crippen molar-refractivity contribution in [2.45, 2.75) is 26.2 Å². The molecular weight excluding hydrogens is 276 g/mol. The molecule has 4 heteroatoms. The lowest BCUT2D eigenvalue weighted by Crippen LogP contribution is -2.32. The molecule has 0 fully saturated rings. The number of ether oxygens (including phenoxy) is 1. The van der Waals surface area contributed by atoms with Gasteiger partial charge in [0.05, 0.1) is 19.3 Å². The minimum Gasteiger partial charge on any atom is -0.389 e. The largest absolute Gasteiger partial charge is 0.389 e. The molecule has 0 saturated carbocycles. The Hall–Kier alpha value is -1.75. The van der Waals surface area contributed by atoms with Gasteiger partial charge in [-0.25, -0.2) is 0 Å². The number of benzene rings is 1. The van der Waals surface area contributed by atoms with E-state index in [0.717, 1.165) is 17.8 Å². The number of hydrogen-bond donors (Lipinski definition) is 1. The van der Waals surface area contributed by atoms with Crippen molar-refractivity contribution < 1.29 is 9.84 Å². The minimum atomic E-state index is -0.495. The van der Waals surface area contributed by atoms with Gasteiger partial charge in [0, 0.05) is 25.0 Å². The number of nitrogens with zero attached hydrogens (tertiary/aromatic N) is 2. The Morgan fingerprint density at radius 1 is 1.18 bits per heavy atom. The number of pyridine rings is 1. The molecule has 1 N–H and O–H groups in total. The second-order valence-electron chi connectivity index (χ2n) is 5.60. The van der Waals surface area contributed by atoms with Crippen molar-refractivity contribution in [2.75, 3.05) is 20.2 Å². The van der Waals surface area contributed by atoms with Crippen molar-refractivity contribution in [1.82, 2.24) is 9.88 Å². The molecule has 0 radical (unpaired) electrons. The standard InChI is InChI=1S/C18H24N2O2/c1-15-17(9-6-10-19-15)11-20(2)12-18(21)14-22-13-16-7-4-3-5-8-16/h3-10,18,21H,11-14H2,1-2H3. The number of aryl methyl sites for hydroxylation is 1. The van der Waals surface area contributed by atoms with Crippen molar-refractivity contribution >= 4 is 0 Å². The lowest BCUT2D eigenvalue weighted by atomic mass is 10.2. The first-order valence-corrected chi connectivity index (χ1v) is 7.54. The van der Waals surface area contributed by atoms with Crippen molar-refractivity contribution in [3.63, 3.8) is 0 Å². The van der Waals surface area contributed by atoms with Gasteiger partial charge in [-0.05, 0) is 31.2 Å². The topological polar surface area (TPSA) is 45.6 Å². The SMILES string of the molecule is Cc1ncccc1CN(C)CC(O)COCc1ccccc1. The van der Waals surface area contributed by atoms with Gasteiger partial charge in [0.25, 0.3) is 0 Å². The van der Waals surface area contributed by atoms with Gasteiger partial charge in [-0.3, -0.25) is 9.88 Å². The Morgan fingerprint density at radius 3 is 2.68 bits per heavy atom. The third kappa shape index (κ3) is 5.56. The number of aliphatic hydroxyl groups excluding tert-OH is 1. The second-order valence-corrected chi connectivity index (χ2v) is 5.60. The molecule has 1 aromatic carbocycles. The summed E-state index contributed by atoms with van der Waals surface area (Å²) in [7, 11) is 1.99. The summed E-state index contributed by atoms with van der Waals surface area (Å²) in [5.41, 5.74) is 3.33. The van der Waals surface area contributed by atoms with E-state index in [9.17, 15) is 5.11 Å². The van der Waals surface area contributed by atoms with Crippen LogP contribution in [0.2, 0.25) is 0 Å². The van der Waals surface area contributed by atoms with Crippen LogP contribution in [0, 0.1) is 6.92 Å². The number of aromatic nitrogens is 1. The van der Waals surface area contributed by atoms with E-state index >= 15 is 0 Å². The molecule has 0 spiro atoms. The van der Waals surface area contributed by atoms with E-state index in [1.54, 1.807) is 6.20 Å². The highest BCUT2D eigenvalue weighted by Crippen LogP contribution is 2.07. The first-order valence-electron chi connectivity index (χ1n) is 7.54. The highest BCUT2D eigenvalue weighted by atomic mass is 16.5. The average Bonchev–Trinajstić information content (AvgIpc) is 2.50. The van der Waals surface area contributed by atoms with Crippen LogP contribution in [0.25, 0.3) is 0 Å². The van der Waals surface area contributed by atoms with Crippen molar-refractivity contribution in [1.29, 1.82) is 0 Å². The molecule has 0 saturated heterocycles. The van der Waals surface area contributed by atoms with Gasteiger partial charge in [-0.1, -0.05) is 36.4 Å². The smallest absolute Gasteiger partial charge is 0.0900 e. The maximum Gasteiger partial charge on any atom is 0.0900 e. The van der Waals surface area contributed by atoms with E-state index in [1.807, 2.05) is 50.4 Å². The monoisotopic (exact) mass is 300 g/mol. The molecule has 22 heavy (non-hydrogen) atoms. The number of hydrogen-bond acceptors (Lipinski definition) is 4.